The molecule has 5 amide bonds. The van der Waals surface area contributed by atoms with E-state index >= 15 is 0 Å². The fourth-order valence-electron chi connectivity index (χ4n) is 3.78. The van der Waals surface area contributed by atoms with Crippen molar-refractivity contribution in [3.63, 3.8) is 0 Å². The number of benzene rings is 1. The second-order valence-corrected chi connectivity index (χ2v) is 7.62. The van der Waals surface area contributed by atoms with E-state index in [2.05, 4.69) is 16.0 Å². The van der Waals surface area contributed by atoms with Crippen molar-refractivity contribution in [1.82, 2.24) is 20.9 Å². The molecule has 2 fully saturated rings. The molecule has 0 bridgehead atoms. The predicted octanol–water partition coefficient (Wildman–Crippen LogP) is -0.0465. The van der Waals surface area contributed by atoms with Crippen molar-refractivity contribution >= 4 is 23.8 Å². The lowest BCUT2D eigenvalue weighted by atomic mass is 9.95. The van der Waals surface area contributed by atoms with Crippen LogP contribution >= 0.6 is 0 Å². The number of amides is 5. The van der Waals surface area contributed by atoms with Crippen molar-refractivity contribution in [2.45, 2.75) is 25.0 Å². The summed E-state index contributed by atoms with van der Waals surface area (Å²) in [5.41, 5.74) is 0.799. The summed E-state index contributed by atoms with van der Waals surface area (Å²) in [5.74, 6) is -1.16. The second-order valence-electron chi connectivity index (χ2n) is 7.62. The number of hydrogen-bond donors (Lipinski definition) is 3. The standard InChI is InChI=1S/C21H28N4O6/c1-30-19(15-8-5-9-31-13-15)20(28)22-10-16(14-6-3-2-4-7-14)23-17(26)11-25-12-18(27)24-21(25)29/h2-4,6-7,15-16,19H,5,8-13H2,1H3,(H,22,28)(H,23,26)(H,24,27,29). The van der Waals surface area contributed by atoms with Gasteiger partial charge in [0, 0.05) is 26.2 Å². The number of urea groups is 1. The quantitative estimate of drug-likeness (QED) is 0.470. The maximum Gasteiger partial charge on any atom is 0.325 e. The average Bonchev–Trinajstić information content (AvgIpc) is 3.09. The molecule has 0 aromatic heterocycles. The summed E-state index contributed by atoms with van der Waals surface area (Å²) < 4.78 is 10.9. The number of imide groups is 1. The molecule has 0 aliphatic carbocycles. The van der Waals surface area contributed by atoms with Crippen LogP contribution in [-0.4, -0.2) is 74.7 Å². The first kappa shape index (κ1) is 22.7. The van der Waals surface area contributed by atoms with Gasteiger partial charge < -0.3 is 25.0 Å². The summed E-state index contributed by atoms with van der Waals surface area (Å²) in [4.78, 5) is 49.4. The highest BCUT2D eigenvalue weighted by atomic mass is 16.5. The molecule has 2 aliphatic heterocycles. The normalized spacial score (nSPS) is 20.7. The van der Waals surface area contributed by atoms with Gasteiger partial charge in [0.05, 0.1) is 12.6 Å². The third kappa shape index (κ3) is 6.25. The Labute approximate surface area is 180 Å². The first-order valence-corrected chi connectivity index (χ1v) is 10.3. The van der Waals surface area contributed by atoms with Gasteiger partial charge in [0.2, 0.25) is 17.7 Å². The average molecular weight is 432 g/mol. The van der Waals surface area contributed by atoms with Gasteiger partial charge in [-0.1, -0.05) is 30.3 Å². The van der Waals surface area contributed by atoms with Crippen LogP contribution in [0, 0.1) is 5.92 Å². The van der Waals surface area contributed by atoms with Gasteiger partial charge >= 0.3 is 6.03 Å². The van der Waals surface area contributed by atoms with E-state index < -0.39 is 30.0 Å². The molecule has 168 valence electrons. The van der Waals surface area contributed by atoms with Crippen LogP contribution < -0.4 is 16.0 Å². The molecule has 0 saturated carbocycles. The molecule has 3 unspecified atom stereocenters. The minimum Gasteiger partial charge on any atom is -0.381 e. The van der Waals surface area contributed by atoms with Crippen molar-refractivity contribution in [2.75, 3.05) is 40.0 Å². The molecule has 31 heavy (non-hydrogen) atoms. The lowest BCUT2D eigenvalue weighted by molar-refractivity contribution is -0.138. The lowest BCUT2D eigenvalue weighted by Crippen LogP contribution is -2.47. The van der Waals surface area contributed by atoms with Gasteiger partial charge in [-0.2, -0.15) is 0 Å². The number of carbonyl (C=O) groups is 4. The minimum atomic E-state index is -0.633. The molecule has 10 nitrogen and oxygen atoms in total. The summed E-state index contributed by atoms with van der Waals surface area (Å²) in [6.45, 7) is 0.902. The molecule has 2 saturated heterocycles. The summed E-state index contributed by atoms with van der Waals surface area (Å²) in [7, 11) is 1.50. The maximum absolute atomic E-state index is 12.7. The Morgan fingerprint density at radius 2 is 2.06 bits per heavy atom. The Bertz CT molecular complexity index is 796. The second kappa shape index (κ2) is 10.9. The zero-order chi connectivity index (χ0) is 22.2. The number of nitrogens with zero attached hydrogens (tertiary/aromatic N) is 1. The van der Waals surface area contributed by atoms with Crippen molar-refractivity contribution in [2.24, 2.45) is 5.92 Å². The number of hydrogen-bond acceptors (Lipinski definition) is 6. The topological polar surface area (TPSA) is 126 Å². The Hall–Kier alpha value is -2.98. The Morgan fingerprint density at radius 3 is 2.68 bits per heavy atom. The summed E-state index contributed by atoms with van der Waals surface area (Å²) in [6.07, 6.45) is 1.10. The van der Waals surface area contributed by atoms with Crippen molar-refractivity contribution in [3.05, 3.63) is 35.9 Å². The van der Waals surface area contributed by atoms with Gasteiger partial charge in [-0.3, -0.25) is 19.7 Å². The predicted molar refractivity (Wildman–Crippen MR) is 110 cm³/mol. The molecule has 2 aliphatic rings. The molecule has 0 radical (unpaired) electrons. The molecular weight excluding hydrogens is 404 g/mol. The highest BCUT2D eigenvalue weighted by Crippen LogP contribution is 2.20. The third-order valence-corrected chi connectivity index (χ3v) is 5.36. The Morgan fingerprint density at radius 1 is 1.29 bits per heavy atom. The third-order valence-electron chi connectivity index (χ3n) is 5.36. The van der Waals surface area contributed by atoms with E-state index in [0.29, 0.717) is 13.2 Å². The van der Waals surface area contributed by atoms with Crippen LogP contribution in [0.4, 0.5) is 4.79 Å². The molecule has 10 heteroatoms. The van der Waals surface area contributed by atoms with E-state index in [9.17, 15) is 19.2 Å². The number of nitrogens with one attached hydrogen (secondary N) is 3. The molecule has 0 spiro atoms. The number of methoxy groups -OCH3 is 1. The monoisotopic (exact) mass is 432 g/mol. The van der Waals surface area contributed by atoms with Gasteiger partial charge in [0.1, 0.15) is 19.2 Å². The van der Waals surface area contributed by atoms with Gasteiger partial charge in [0.25, 0.3) is 0 Å². The summed E-state index contributed by atoms with van der Waals surface area (Å²) in [6, 6.07) is 8.09. The fourth-order valence-corrected chi connectivity index (χ4v) is 3.78. The Kier molecular flexibility index (Phi) is 7.96. The fraction of sp³-hybridized carbons (Fsp3) is 0.524. The van der Waals surface area contributed by atoms with Crippen LogP contribution in [-0.2, 0) is 23.9 Å². The molecule has 1 aromatic carbocycles. The number of carbonyl (C=O) groups excluding carboxylic acids is 4. The van der Waals surface area contributed by atoms with Crippen LogP contribution in [0.1, 0.15) is 24.4 Å². The van der Waals surface area contributed by atoms with E-state index in [1.807, 2.05) is 30.3 Å². The van der Waals surface area contributed by atoms with E-state index in [-0.39, 0.29) is 31.5 Å². The summed E-state index contributed by atoms with van der Waals surface area (Å²) in [5, 5.41) is 7.83. The highest BCUT2D eigenvalue weighted by Gasteiger charge is 2.31. The van der Waals surface area contributed by atoms with Crippen molar-refractivity contribution < 1.29 is 28.7 Å². The smallest absolute Gasteiger partial charge is 0.325 e. The molecular formula is C21H28N4O6. The summed E-state index contributed by atoms with van der Waals surface area (Å²) >= 11 is 0. The van der Waals surface area contributed by atoms with E-state index in [4.69, 9.17) is 9.47 Å². The van der Waals surface area contributed by atoms with E-state index in [1.54, 1.807) is 0 Å². The molecule has 3 N–H and O–H groups in total. The Balaban J connectivity index is 1.61. The zero-order valence-electron chi connectivity index (χ0n) is 17.5. The number of ether oxygens (including phenoxy) is 2. The maximum atomic E-state index is 12.7. The van der Waals surface area contributed by atoms with Gasteiger partial charge in [0.15, 0.2) is 0 Å². The van der Waals surface area contributed by atoms with Crippen LogP contribution in [0.15, 0.2) is 30.3 Å². The van der Waals surface area contributed by atoms with Crippen molar-refractivity contribution in [3.8, 4) is 0 Å². The van der Waals surface area contributed by atoms with Gasteiger partial charge in [-0.15, -0.1) is 0 Å². The highest BCUT2D eigenvalue weighted by molar-refractivity contribution is 6.03. The SMILES string of the molecule is COC(C(=O)NCC(NC(=O)CN1CC(=O)NC1=O)c1ccccc1)C1CCCOC1. The lowest BCUT2D eigenvalue weighted by Gasteiger charge is -2.29. The van der Waals surface area contributed by atoms with E-state index in [0.717, 1.165) is 23.3 Å². The van der Waals surface area contributed by atoms with Gasteiger partial charge in [-0.05, 0) is 18.4 Å². The van der Waals surface area contributed by atoms with E-state index in [1.165, 1.54) is 7.11 Å². The van der Waals surface area contributed by atoms with Crippen LogP contribution in [0.25, 0.3) is 0 Å². The van der Waals surface area contributed by atoms with Crippen LogP contribution in [0.3, 0.4) is 0 Å². The molecule has 2 heterocycles. The molecule has 3 atom stereocenters. The molecule has 1 aromatic rings. The van der Waals surface area contributed by atoms with Crippen LogP contribution in [0.5, 0.6) is 0 Å². The van der Waals surface area contributed by atoms with Crippen molar-refractivity contribution in [1.29, 1.82) is 0 Å². The number of rotatable bonds is 9. The van der Waals surface area contributed by atoms with Crippen LogP contribution in [0.2, 0.25) is 0 Å². The minimum absolute atomic E-state index is 0.0188. The van der Waals surface area contributed by atoms with Gasteiger partial charge in [-0.25, -0.2) is 4.79 Å². The molecule has 3 rings (SSSR count). The largest absolute Gasteiger partial charge is 0.381 e. The first-order valence-electron chi connectivity index (χ1n) is 10.3. The zero-order valence-corrected chi connectivity index (χ0v) is 17.5. The first-order chi connectivity index (χ1) is 15.0.